The Kier molecular flexibility index (Phi) is 3.04. The molecule has 0 amide bonds. The molecule has 3 aromatic rings. The smallest absolute Gasteiger partial charge is 0.189 e. The molecule has 0 aliphatic carbocycles. The summed E-state index contributed by atoms with van der Waals surface area (Å²) in [7, 11) is 0. The van der Waals surface area contributed by atoms with E-state index in [0.29, 0.717) is 22.0 Å². The van der Waals surface area contributed by atoms with Crippen LogP contribution in [-0.2, 0) is 5.75 Å². The molecule has 3 rings (SSSR count). The topological polar surface area (TPSA) is 74.4 Å². The van der Waals surface area contributed by atoms with Gasteiger partial charge in [0.2, 0.25) is 0 Å². The van der Waals surface area contributed by atoms with Gasteiger partial charge in [-0.15, -0.1) is 0 Å². The fourth-order valence-electron chi connectivity index (χ4n) is 1.78. The van der Waals surface area contributed by atoms with Crippen molar-refractivity contribution in [3.8, 4) is 0 Å². The first kappa shape index (κ1) is 11.9. The molecule has 1 aromatic carbocycles. The average molecular weight is 276 g/mol. The van der Waals surface area contributed by atoms with Crippen molar-refractivity contribution in [3.63, 3.8) is 0 Å². The van der Waals surface area contributed by atoms with Gasteiger partial charge in [-0.25, -0.2) is 9.37 Å². The van der Waals surface area contributed by atoms with Gasteiger partial charge in [0.1, 0.15) is 12.1 Å². The summed E-state index contributed by atoms with van der Waals surface area (Å²) in [6.07, 6.45) is 1.41. The number of aromatic amines is 2. The Bertz CT molecular complexity index is 769. The lowest BCUT2D eigenvalue weighted by Crippen LogP contribution is -2.05. The largest absolute Gasteiger partial charge is 0.355 e. The van der Waals surface area contributed by atoms with Gasteiger partial charge in [-0.05, 0) is 12.1 Å². The van der Waals surface area contributed by atoms with Gasteiger partial charge in [0, 0.05) is 22.9 Å². The lowest BCUT2D eigenvalue weighted by Gasteiger charge is -2.04. The van der Waals surface area contributed by atoms with Crippen LogP contribution >= 0.6 is 11.8 Å². The molecule has 0 bridgehead atoms. The third kappa shape index (κ3) is 2.37. The Morgan fingerprint density at radius 1 is 1.37 bits per heavy atom. The summed E-state index contributed by atoms with van der Waals surface area (Å²) in [5.74, 6) is 0.0513. The van der Waals surface area contributed by atoms with Crippen LogP contribution in [0.4, 0.5) is 4.39 Å². The van der Waals surface area contributed by atoms with Gasteiger partial charge < -0.3 is 4.98 Å². The van der Waals surface area contributed by atoms with E-state index in [1.165, 1.54) is 36.3 Å². The summed E-state index contributed by atoms with van der Waals surface area (Å²) in [5.41, 5.74) is 0.689. The molecule has 0 unspecified atom stereocenters. The van der Waals surface area contributed by atoms with Crippen molar-refractivity contribution >= 4 is 22.7 Å². The predicted molar refractivity (Wildman–Crippen MR) is 70.5 cm³/mol. The second-order valence-electron chi connectivity index (χ2n) is 3.90. The van der Waals surface area contributed by atoms with E-state index in [4.69, 9.17) is 0 Å². The standard InChI is InChI=1S/C12H9FN4OS/c13-9-3-1-2-8-10(18)4-7(16-11(8)9)5-19-12-14-6-15-17-12/h1-4,6H,5H2,(H,16,18)(H,14,15,17). The number of H-pyrrole nitrogens is 2. The van der Waals surface area contributed by atoms with Crippen molar-refractivity contribution < 1.29 is 4.39 Å². The molecular weight excluding hydrogens is 267 g/mol. The summed E-state index contributed by atoms with van der Waals surface area (Å²) in [5, 5.41) is 7.44. The van der Waals surface area contributed by atoms with Crippen molar-refractivity contribution in [2.45, 2.75) is 10.9 Å². The molecule has 7 heteroatoms. The van der Waals surface area contributed by atoms with E-state index < -0.39 is 5.82 Å². The van der Waals surface area contributed by atoms with Crippen molar-refractivity contribution in [2.24, 2.45) is 0 Å². The van der Waals surface area contributed by atoms with E-state index in [-0.39, 0.29) is 10.9 Å². The number of hydrogen-bond acceptors (Lipinski definition) is 4. The number of nitrogens with zero attached hydrogens (tertiary/aromatic N) is 2. The minimum atomic E-state index is -0.430. The zero-order valence-corrected chi connectivity index (χ0v) is 10.5. The van der Waals surface area contributed by atoms with Crippen LogP contribution in [0.3, 0.4) is 0 Å². The fraction of sp³-hybridized carbons (Fsp3) is 0.0833. The molecule has 0 radical (unpaired) electrons. The van der Waals surface area contributed by atoms with Crippen LogP contribution in [0.15, 0.2) is 40.5 Å². The summed E-state index contributed by atoms with van der Waals surface area (Å²) in [6, 6.07) is 5.93. The van der Waals surface area contributed by atoms with Gasteiger partial charge in [0.25, 0.3) is 0 Å². The first-order valence-corrected chi connectivity index (χ1v) is 6.51. The van der Waals surface area contributed by atoms with Gasteiger partial charge in [-0.2, -0.15) is 5.10 Å². The maximum Gasteiger partial charge on any atom is 0.189 e. The SMILES string of the molecule is O=c1cc(CSc2ncn[nH]2)[nH]c2c(F)cccc12. The highest BCUT2D eigenvalue weighted by Gasteiger charge is 2.07. The van der Waals surface area contributed by atoms with Crippen LogP contribution in [0.2, 0.25) is 0 Å². The van der Waals surface area contributed by atoms with Crippen LogP contribution in [-0.4, -0.2) is 20.2 Å². The molecule has 0 atom stereocenters. The van der Waals surface area contributed by atoms with Crippen molar-refractivity contribution in [3.05, 3.63) is 52.3 Å². The van der Waals surface area contributed by atoms with E-state index in [0.717, 1.165) is 0 Å². The number of fused-ring (bicyclic) bond motifs is 1. The van der Waals surface area contributed by atoms with Gasteiger partial charge in [0.05, 0.1) is 5.52 Å². The van der Waals surface area contributed by atoms with E-state index in [2.05, 4.69) is 20.2 Å². The van der Waals surface area contributed by atoms with E-state index in [1.807, 2.05) is 0 Å². The summed E-state index contributed by atoms with van der Waals surface area (Å²) >= 11 is 1.38. The molecule has 2 aromatic heterocycles. The van der Waals surface area contributed by atoms with Gasteiger partial charge in [-0.1, -0.05) is 17.8 Å². The second kappa shape index (κ2) is 4.85. The summed E-state index contributed by atoms with van der Waals surface area (Å²) < 4.78 is 13.7. The third-order valence-electron chi connectivity index (χ3n) is 2.63. The highest BCUT2D eigenvalue weighted by molar-refractivity contribution is 7.98. The normalized spacial score (nSPS) is 11.0. The van der Waals surface area contributed by atoms with E-state index in [1.54, 1.807) is 6.07 Å². The van der Waals surface area contributed by atoms with Gasteiger partial charge in [-0.3, -0.25) is 9.89 Å². The number of rotatable bonds is 3. The maximum absolute atomic E-state index is 13.7. The van der Waals surface area contributed by atoms with E-state index >= 15 is 0 Å². The molecule has 2 heterocycles. The molecule has 0 aliphatic rings. The van der Waals surface area contributed by atoms with Crippen molar-refractivity contribution in [1.82, 2.24) is 20.2 Å². The van der Waals surface area contributed by atoms with Gasteiger partial charge in [0.15, 0.2) is 10.6 Å². The molecule has 0 saturated heterocycles. The lowest BCUT2D eigenvalue weighted by atomic mass is 10.2. The molecule has 0 fully saturated rings. The molecular formula is C12H9FN4OS. The quantitative estimate of drug-likeness (QED) is 0.718. The fourth-order valence-corrected chi connectivity index (χ4v) is 2.46. The Labute approximate surface area is 111 Å². The summed E-state index contributed by atoms with van der Waals surface area (Å²) in [4.78, 5) is 18.8. The lowest BCUT2D eigenvalue weighted by molar-refractivity contribution is 0.636. The minimum absolute atomic E-state index is 0.193. The maximum atomic E-state index is 13.7. The second-order valence-corrected chi connectivity index (χ2v) is 4.86. The molecule has 2 N–H and O–H groups in total. The first-order valence-electron chi connectivity index (χ1n) is 5.52. The molecule has 0 aliphatic heterocycles. The molecule has 96 valence electrons. The number of para-hydroxylation sites is 1. The molecule has 0 spiro atoms. The monoisotopic (exact) mass is 276 g/mol. The molecule has 0 saturated carbocycles. The zero-order chi connectivity index (χ0) is 13.2. The third-order valence-corrected chi connectivity index (χ3v) is 3.55. The highest BCUT2D eigenvalue weighted by atomic mass is 32.2. The number of thioether (sulfide) groups is 1. The van der Waals surface area contributed by atoms with Gasteiger partial charge >= 0.3 is 0 Å². The van der Waals surface area contributed by atoms with Crippen LogP contribution in [0, 0.1) is 5.82 Å². The minimum Gasteiger partial charge on any atom is -0.355 e. The van der Waals surface area contributed by atoms with Crippen LogP contribution in [0.5, 0.6) is 0 Å². The average Bonchev–Trinajstić information content (AvgIpc) is 2.91. The van der Waals surface area contributed by atoms with Crippen molar-refractivity contribution in [1.29, 1.82) is 0 Å². The number of aromatic nitrogens is 4. The molecule has 5 nitrogen and oxygen atoms in total. The Morgan fingerprint density at radius 3 is 3.05 bits per heavy atom. The zero-order valence-electron chi connectivity index (χ0n) is 9.68. The van der Waals surface area contributed by atoms with Crippen molar-refractivity contribution in [2.75, 3.05) is 0 Å². The highest BCUT2D eigenvalue weighted by Crippen LogP contribution is 2.18. The predicted octanol–water partition coefficient (Wildman–Crippen LogP) is 2.08. The number of benzene rings is 1. The van der Waals surface area contributed by atoms with Crippen LogP contribution in [0.25, 0.3) is 10.9 Å². The molecule has 19 heavy (non-hydrogen) atoms. The van der Waals surface area contributed by atoms with Crippen LogP contribution in [0.1, 0.15) is 5.69 Å². The Hall–Kier alpha value is -2.15. The summed E-state index contributed by atoms with van der Waals surface area (Å²) in [6.45, 7) is 0. The first-order chi connectivity index (χ1) is 9.24. The van der Waals surface area contributed by atoms with Crippen LogP contribution < -0.4 is 5.43 Å². The van der Waals surface area contributed by atoms with E-state index in [9.17, 15) is 9.18 Å². The Balaban J connectivity index is 1.96. The number of hydrogen-bond donors (Lipinski definition) is 2. The number of halogens is 1. The Morgan fingerprint density at radius 2 is 2.26 bits per heavy atom. The number of nitrogens with one attached hydrogen (secondary N) is 2. The number of pyridine rings is 1.